The molecule has 12 heteroatoms. The van der Waals surface area contributed by atoms with Crippen LogP contribution in [0.1, 0.15) is 44.8 Å². The van der Waals surface area contributed by atoms with Gasteiger partial charge in [0.1, 0.15) is 17.5 Å². The molecular weight excluding hydrogens is 570 g/mol. The molecule has 11 nitrogen and oxygen atoms in total. The molecule has 222 valence electrons. The molecule has 0 unspecified atom stereocenters. The Hall–Kier alpha value is -4.77. The Balaban J connectivity index is 1.36. The fraction of sp³-hybridized carbons (Fsp3) is 0.290. The molecule has 43 heavy (non-hydrogen) atoms. The minimum Gasteiger partial charge on any atom is -0.492 e. The van der Waals surface area contributed by atoms with Gasteiger partial charge in [-0.2, -0.15) is 0 Å². The highest BCUT2D eigenvalue weighted by Crippen LogP contribution is 2.26. The summed E-state index contributed by atoms with van der Waals surface area (Å²) in [6.45, 7) is 1.83. The van der Waals surface area contributed by atoms with Crippen LogP contribution in [0.2, 0.25) is 5.02 Å². The summed E-state index contributed by atoms with van der Waals surface area (Å²) in [7, 11) is 0. The number of aromatic nitrogens is 4. The summed E-state index contributed by atoms with van der Waals surface area (Å²) in [6, 6.07) is 16.8. The van der Waals surface area contributed by atoms with E-state index in [4.69, 9.17) is 16.3 Å². The van der Waals surface area contributed by atoms with Gasteiger partial charge in [0.15, 0.2) is 0 Å². The van der Waals surface area contributed by atoms with Crippen molar-refractivity contribution in [2.24, 2.45) is 0 Å². The van der Waals surface area contributed by atoms with Gasteiger partial charge in [-0.1, -0.05) is 47.1 Å². The van der Waals surface area contributed by atoms with Gasteiger partial charge in [-0.3, -0.25) is 24.0 Å². The van der Waals surface area contributed by atoms with Crippen LogP contribution in [0, 0.1) is 0 Å². The highest BCUT2D eigenvalue weighted by Gasteiger charge is 2.23. The Morgan fingerprint density at radius 2 is 1.84 bits per heavy atom. The average Bonchev–Trinajstić information content (AvgIpc) is 3.48. The van der Waals surface area contributed by atoms with E-state index >= 15 is 0 Å². The highest BCUT2D eigenvalue weighted by molar-refractivity contribution is 6.32. The standard InChI is InChI=1S/C31H32ClN7O4/c32-26-19-24-8-9-28(26)43-17-5-16-39-21-25(36-37-39)20-38(31(42)23-10-13-33-14-11-23)15-4-12-34-30(41)27(35-29(24)40)18-22-6-2-1-3-7-22/h1-3,6-11,13-14,19,21,27H,4-5,12,15-18,20H2,(H,34,41)(H,35,40)/t27-/m0/s1. The van der Waals surface area contributed by atoms with Crippen LogP contribution >= 0.6 is 11.6 Å². The quantitative estimate of drug-likeness (QED) is 0.368. The van der Waals surface area contributed by atoms with Crippen LogP contribution < -0.4 is 15.4 Å². The van der Waals surface area contributed by atoms with Crippen LogP contribution in [-0.2, 0) is 24.3 Å². The molecule has 0 saturated heterocycles. The first-order valence-corrected chi connectivity index (χ1v) is 14.5. The van der Waals surface area contributed by atoms with E-state index in [1.54, 1.807) is 46.2 Å². The molecule has 6 rings (SSSR count). The lowest BCUT2D eigenvalue weighted by Gasteiger charge is -2.23. The first kappa shape index (κ1) is 29.7. The van der Waals surface area contributed by atoms with Gasteiger partial charge in [0.05, 0.1) is 24.4 Å². The molecule has 2 aliphatic heterocycles. The summed E-state index contributed by atoms with van der Waals surface area (Å²) < 4.78 is 7.55. The van der Waals surface area contributed by atoms with Crippen LogP contribution in [0.5, 0.6) is 5.75 Å². The minimum atomic E-state index is -0.830. The van der Waals surface area contributed by atoms with Crippen LogP contribution in [0.15, 0.2) is 79.3 Å². The summed E-state index contributed by atoms with van der Waals surface area (Å²) in [5, 5.41) is 14.5. The predicted octanol–water partition coefficient (Wildman–Crippen LogP) is 3.30. The van der Waals surface area contributed by atoms with Gasteiger partial charge in [-0.25, -0.2) is 0 Å². The van der Waals surface area contributed by atoms with Crippen LogP contribution in [0.25, 0.3) is 0 Å². The number of pyridine rings is 1. The zero-order valence-corrected chi connectivity index (χ0v) is 24.2. The summed E-state index contributed by atoms with van der Waals surface area (Å²) in [6.07, 6.45) is 6.37. The number of amides is 3. The lowest BCUT2D eigenvalue weighted by Crippen LogP contribution is -2.48. The summed E-state index contributed by atoms with van der Waals surface area (Å²) in [5.74, 6) is -0.478. The Bertz CT molecular complexity index is 1550. The number of rotatable bonds is 3. The van der Waals surface area contributed by atoms with Crippen molar-refractivity contribution in [2.75, 3.05) is 19.7 Å². The van der Waals surface area contributed by atoms with Crippen molar-refractivity contribution in [1.82, 2.24) is 35.5 Å². The van der Waals surface area contributed by atoms with Gasteiger partial charge >= 0.3 is 0 Å². The van der Waals surface area contributed by atoms with E-state index in [1.165, 1.54) is 6.07 Å². The molecule has 0 spiro atoms. The second kappa shape index (κ2) is 14.4. The van der Waals surface area contributed by atoms with Gasteiger partial charge in [0, 0.05) is 56.0 Å². The minimum absolute atomic E-state index is 0.175. The number of halogens is 1. The number of nitrogens with zero attached hydrogens (tertiary/aromatic N) is 5. The molecule has 1 atom stereocenters. The third kappa shape index (κ3) is 8.16. The molecule has 4 bridgehead atoms. The Morgan fingerprint density at radius 1 is 1.02 bits per heavy atom. The smallest absolute Gasteiger partial charge is 0.254 e. The van der Waals surface area contributed by atoms with E-state index in [0.717, 1.165) is 5.56 Å². The van der Waals surface area contributed by atoms with Crippen molar-refractivity contribution < 1.29 is 19.1 Å². The number of nitrogens with one attached hydrogen (secondary N) is 2. The molecule has 2 aliphatic rings. The lowest BCUT2D eigenvalue weighted by atomic mass is 10.0. The predicted molar refractivity (Wildman–Crippen MR) is 160 cm³/mol. The molecule has 0 fully saturated rings. The topological polar surface area (TPSA) is 131 Å². The molecule has 0 radical (unpaired) electrons. The second-order valence-electron chi connectivity index (χ2n) is 10.1. The van der Waals surface area contributed by atoms with E-state index in [0.29, 0.717) is 73.1 Å². The normalized spacial score (nSPS) is 16.9. The second-order valence-corrected chi connectivity index (χ2v) is 10.6. The van der Waals surface area contributed by atoms with Crippen molar-refractivity contribution in [2.45, 2.75) is 38.4 Å². The number of ether oxygens (including phenoxy) is 1. The molecule has 4 heterocycles. The van der Waals surface area contributed by atoms with Gasteiger partial charge in [0.25, 0.3) is 11.8 Å². The van der Waals surface area contributed by atoms with E-state index in [1.807, 2.05) is 36.5 Å². The SMILES string of the molecule is O=C1N[C@@H](Cc2ccccc2)C(=O)NCCCN(C(=O)c2ccncc2)Cc2cn(nn2)CCCOc2ccc1cc2Cl. The van der Waals surface area contributed by atoms with Crippen molar-refractivity contribution in [1.29, 1.82) is 0 Å². The number of carbonyl (C=O) groups is 3. The highest BCUT2D eigenvalue weighted by atomic mass is 35.5. The van der Waals surface area contributed by atoms with Crippen LogP contribution in [-0.4, -0.2) is 68.3 Å². The number of aryl methyl sites for hydroxylation is 1. The zero-order chi connectivity index (χ0) is 30.0. The fourth-order valence-electron chi connectivity index (χ4n) is 4.72. The largest absolute Gasteiger partial charge is 0.492 e. The number of hydrogen-bond donors (Lipinski definition) is 2. The van der Waals surface area contributed by atoms with E-state index < -0.39 is 11.9 Å². The van der Waals surface area contributed by atoms with E-state index in [2.05, 4.69) is 25.9 Å². The number of carbonyl (C=O) groups excluding carboxylic acids is 3. The average molecular weight is 602 g/mol. The third-order valence-corrected chi connectivity index (χ3v) is 7.24. The first-order chi connectivity index (χ1) is 21.0. The molecule has 2 aromatic carbocycles. The van der Waals surface area contributed by atoms with Gasteiger partial charge in [-0.05, 0) is 42.3 Å². The van der Waals surface area contributed by atoms with Crippen molar-refractivity contribution in [3.63, 3.8) is 0 Å². The monoisotopic (exact) mass is 601 g/mol. The number of benzene rings is 2. The molecular formula is C31H32ClN7O4. The molecule has 2 N–H and O–H groups in total. The molecule has 4 aromatic rings. The Kier molecular flexibility index (Phi) is 9.96. The summed E-state index contributed by atoms with van der Waals surface area (Å²) in [4.78, 5) is 45.6. The molecule has 0 aliphatic carbocycles. The van der Waals surface area contributed by atoms with Gasteiger partial charge in [-0.15, -0.1) is 5.10 Å². The number of fused-ring (bicyclic) bond motifs is 14. The Labute approximate surface area is 254 Å². The first-order valence-electron chi connectivity index (χ1n) is 14.1. The lowest BCUT2D eigenvalue weighted by molar-refractivity contribution is -0.122. The Morgan fingerprint density at radius 3 is 2.63 bits per heavy atom. The van der Waals surface area contributed by atoms with Crippen molar-refractivity contribution in [3.8, 4) is 5.75 Å². The maximum absolute atomic E-state index is 13.4. The van der Waals surface area contributed by atoms with Gasteiger partial charge < -0.3 is 20.3 Å². The van der Waals surface area contributed by atoms with Crippen molar-refractivity contribution >= 4 is 29.3 Å². The maximum atomic E-state index is 13.4. The summed E-state index contributed by atoms with van der Waals surface area (Å²) in [5.41, 5.74) is 2.36. The number of hydrogen-bond acceptors (Lipinski definition) is 7. The van der Waals surface area contributed by atoms with Crippen molar-refractivity contribution in [3.05, 3.63) is 107 Å². The molecule has 0 saturated carbocycles. The third-order valence-electron chi connectivity index (χ3n) is 6.95. The van der Waals surface area contributed by atoms with Crippen LogP contribution in [0.4, 0.5) is 0 Å². The molecule has 2 aromatic heterocycles. The summed E-state index contributed by atoms with van der Waals surface area (Å²) >= 11 is 6.43. The van der Waals surface area contributed by atoms with Crippen LogP contribution in [0.3, 0.4) is 0 Å². The maximum Gasteiger partial charge on any atom is 0.254 e. The fourth-order valence-corrected chi connectivity index (χ4v) is 4.95. The van der Waals surface area contributed by atoms with E-state index in [9.17, 15) is 14.4 Å². The van der Waals surface area contributed by atoms with E-state index in [-0.39, 0.29) is 18.4 Å². The molecule has 3 amide bonds. The zero-order valence-electron chi connectivity index (χ0n) is 23.5. The van der Waals surface area contributed by atoms with Gasteiger partial charge in [0.2, 0.25) is 5.91 Å².